The second-order valence-corrected chi connectivity index (χ2v) is 1.85. The Morgan fingerprint density at radius 2 is 2.56 bits per heavy atom. The predicted octanol–water partition coefficient (Wildman–Crippen LogP) is 2.14. The summed E-state index contributed by atoms with van der Waals surface area (Å²) in [4.78, 5) is 3.07. The van der Waals surface area contributed by atoms with Crippen LogP contribution in [0.15, 0.2) is 31.0 Å². The Kier molecular flexibility index (Phi) is 2.13. The summed E-state index contributed by atoms with van der Waals surface area (Å²) in [5.74, 6) is 0. The van der Waals surface area contributed by atoms with Gasteiger partial charge in [-0.05, 0) is 18.6 Å². The monoisotopic (exact) mass is 120 g/mol. The van der Waals surface area contributed by atoms with Gasteiger partial charge in [-0.25, -0.2) is 0 Å². The molecule has 0 fully saturated rings. The Bertz CT molecular complexity index is 163. The van der Waals surface area contributed by atoms with Crippen LogP contribution < -0.4 is 0 Å². The van der Waals surface area contributed by atoms with E-state index in [2.05, 4.69) is 18.0 Å². The number of allylic oxidation sites excluding steroid dienone is 1. The third-order valence-electron chi connectivity index (χ3n) is 1.13. The molecule has 0 aliphatic carbocycles. The minimum atomic E-state index is 0.931. The Balaban J connectivity index is 2.38. The number of aromatic nitrogens is 1. The molecule has 1 nitrogen and oxygen atoms in total. The molecule has 0 aliphatic rings. The average Bonchev–Trinajstić information content (AvgIpc) is 2.34. The van der Waals surface area contributed by atoms with Crippen LogP contribution >= 0.6 is 0 Å². The first-order valence-electron chi connectivity index (χ1n) is 3.01. The van der Waals surface area contributed by atoms with Crippen LogP contribution in [0, 0.1) is 6.42 Å². The first-order chi connectivity index (χ1) is 4.43. The molecule has 0 saturated heterocycles. The Morgan fingerprint density at radius 1 is 1.67 bits per heavy atom. The Labute approximate surface area is 55.4 Å². The van der Waals surface area contributed by atoms with Crippen molar-refractivity contribution in [3.05, 3.63) is 43.1 Å². The van der Waals surface area contributed by atoms with E-state index in [4.69, 9.17) is 0 Å². The van der Waals surface area contributed by atoms with Crippen molar-refractivity contribution in [1.29, 1.82) is 0 Å². The van der Waals surface area contributed by atoms with E-state index in [9.17, 15) is 0 Å². The smallest absolute Gasteiger partial charge is 0.0188 e. The molecule has 9 heavy (non-hydrogen) atoms. The molecule has 0 bridgehead atoms. The van der Waals surface area contributed by atoms with Crippen LogP contribution in [0.5, 0.6) is 0 Å². The van der Waals surface area contributed by atoms with E-state index in [1.165, 1.54) is 0 Å². The van der Waals surface area contributed by atoms with Crippen LogP contribution in [0.3, 0.4) is 0 Å². The summed E-state index contributed by atoms with van der Waals surface area (Å²) in [7, 11) is 0. The van der Waals surface area contributed by atoms with Crippen molar-refractivity contribution in [2.45, 2.75) is 6.42 Å². The molecular weight excluding hydrogens is 110 g/mol. The van der Waals surface area contributed by atoms with Crippen LogP contribution in [0.25, 0.3) is 0 Å². The van der Waals surface area contributed by atoms with Crippen molar-refractivity contribution in [2.75, 3.05) is 0 Å². The molecule has 47 valence electrons. The van der Waals surface area contributed by atoms with Crippen molar-refractivity contribution in [2.24, 2.45) is 0 Å². The summed E-state index contributed by atoms with van der Waals surface area (Å²) in [5, 5.41) is 0. The molecular formula is C8H10N. The fourth-order valence-electron chi connectivity index (χ4n) is 0.681. The number of rotatable bonds is 3. The number of aromatic amines is 1. The lowest BCUT2D eigenvalue weighted by atomic mass is 10.2. The van der Waals surface area contributed by atoms with Crippen molar-refractivity contribution < 1.29 is 0 Å². The summed E-state index contributed by atoms with van der Waals surface area (Å²) in [6.07, 6.45) is 6.81. The molecule has 1 aromatic heterocycles. The fourth-order valence-corrected chi connectivity index (χ4v) is 0.681. The molecule has 1 aromatic rings. The second-order valence-electron chi connectivity index (χ2n) is 1.85. The van der Waals surface area contributed by atoms with E-state index in [1.54, 1.807) is 0 Å². The summed E-state index contributed by atoms with van der Waals surface area (Å²) in [5.41, 5.74) is 1.16. The van der Waals surface area contributed by atoms with Crippen LogP contribution in [-0.2, 0) is 0 Å². The summed E-state index contributed by atoms with van der Waals surface area (Å²) < 4.78 is 0. The minimum absolute atomic E-state index is 0.931. The van der Waals surface area contributed by atoms with Gasteiger partial charge < -0.3 is 4.98 Å². The van der Waals surface area contributed by atoms with Gasteiger partial charge in [-0.2, -0.15) is 0 Å². The molecule has 1 N–H and O–H groups in total. The van der Waals surface area contributed by atoms with Gasteiger partial charge in [-0.15, -0.1) is 6.58 Å². The molecule has 1 heteroatoms. The molecule has 1 heterocycles. The Morgan fingerprint density at radius 3 is 3.11 bits per heavy atom. The third-order valence-corrected chi connectivity index (χ3v) is 1.13. The lowest BCUT2D eigenvalue weighted by Crippen LogP contribution is -1.76. The van der Waals surface area contributed by atoms with Crippen molar-refractivity contribution in [3.63, 3.8) is 0 Å². The van der Waals surface area contributed by atoms with E-state index in [0.29, 0.717) is 0 Å². The summed E-state index contributed by atoms with van der Waals surface area (Å²) in [6.45, 7) is 3.61. The summed E-state index contributed by atoms with van der Waals surface area (Å²) >= 11 is 0. The lowest BCUT2D eigenvalue weighted by molar-refractivity contribution is 1.17. The molecule has 0 unspecified atom stereocenters. The van der Waals surface area contributed by atoms with Gasteiger partial charge in [0.25, 0.3) is 0 Å². The zero-order valence-corrected chi connectivity index (χ0v) is 5.30. The molecule has 1 rings (SSSR count). The molecule has 0 atom stereocenters. The van der Waals surface area contributed by atoms with Gasteiger partial charge in [-0.3, -0.25) is 0 Å². The lowest BCUT2D eigenvalue weighted by Gasteiger charge is -1.88. The first-order valence-corrected chi connectivity index (χ1v) is 3.01. The van der Waals surface area contributed by atoms with Gasteiger partial charge in [0.05, 0.1) is 0 Å². The highest BCUT2D eigenvalue weighted by molar-refractivity contribution is 5.14. The van der Waals surface area contributed by atoms with Crippen LogP contribution in [-0.4, -0.2) is 4.98 Å². The minimum Gasteiger partial charge on any atom is -0.365 e. The SMILES string of the molecule is C=CC[CH]c1ccc[nH]1. The highest BCUT2D eigenvalue weighted by atomic mass is 14.7. The molecule has 0 amide bonds. The van der Waals surface area contributed by atoms with E-state index in [0.717, 1.165) is 12.1 Å². The molecule has 0 spiro atoms. The van der Waals surface area contributed by atoms with E-state index in [1.807, 2.05) is 24.4 Å². The normalized spacial score (nSPS) is 9.33. The first kappa shape index (κ1) is 6.14. The molecule has 0 aromatic carbocycles. The van der Waals surface area contributed by atoms with Crippen LogP contribution in [0.2, 0.25) is 0 Å². The highest BCUT2D eigenvalue weighted by Crippen LogP contribution is 2.00. The summed E-state index contributed by atoms with van der Waals surface area (Å²) in [6, 6.07) is 4.01. The van der Waals surface area contributed by atoms with Crippen molar-refractivity contribution in [3.8, 4) is 0 Å². The number of hydrogen-bond acceptors (Lipinski definition) is 0. The average molecular weight is 120 g/mol. The van der Waals surface area contributed by atoms with E-state index >= 15 is 0 Å². The van der Waals surface area contributed by atoms with Gasteiger partial charge in [0.1, 0.15) is 0 Å². The maximum atomic E-state index is 3.61. The van der Waals surface area contributed by atoms with E-state index in [-0.39, 0.29) is 0 Å². The van der Waals surface area contributed by atoms with Gasteiger partial charge in [-0.1, -0.05) is 6.08 Å². The number of H-pyrrole nitrogens is 1. The maximum Gasteiger partial charge on any atom is 0.0188 e. The molecule has 1 radical (unpaired) electrons. The highest BCUT2D eigenvalue weighted by Gasteiger charge is 1.87. The zero-order valence-electron chi connectivity index (χ0n) is 5.30. The quantitative estimate of drug-likeness (QED) is 0.588. The number of hydrogen-bond donors (Lipinski definition) is 1. The largest absolute Gasteiger partial charge is 0.365 e. The van der Waals surface area contributed by atoms with E-state index < -0.39 is 0 Å². The molecule has 0 saturated carbocycles. The predicted molar refractivity (Wildman–Crippen MR) is 39.0 cm³/mol. The van der Waals surface area contributed by atoms with Crippen molar-refractivity contribution >= 4 is 0 Å². The van der Waals surface area contributed by atoms with Crippen molar-refractivity contribution in [1.82, 2.24) is 4.98 Å². The fraction of sp³-hybridized carbons (Fsp3) is 0.125. The topological polar surface area (TPSA) is 15.8 Å². The Hall–Kier alpha value is -0.980. The van der Waals surface area contributed by atoms with Crippen LogP contribution in [0.1, 0.15) is 12.1 Å². The molecule has 0 aliphatic heterocycles. The maximum absolute atomic E-state index is 3.61. The van der Waals surface area contributed by atoms with Gasteiger partial charge in [0.15, 0.2) is 0 Å². The van der Waals surface area contributed by atoms with Crippen LogP contribution in [0.4, 0.5) is 0 Å². The van der Waals surface area contributed by atoms with Gasteiger partial charge in [0.2, 0.25) is 0 Å². The van der Waals surface area contributed by atoms with Gasteiger partial charge >= 0.3 is 0 Å². The second kappa shape index (κ2) is 3.13. The standard InChI is InChI=1S/C8H10N/c1-2-3-5-8-6-4-7-9-8/h2,4-7,9H,1,3H2. The number of nitrogens with one attached hydrogen (secondary N) is 1. The zero-order chi connectivity index (χ0) is 6.53. The third kappa shape index (κ3) is 1.76. The van der Waals surface area contributed by atoms with Gasteiger partial charge in [0, 0.05) is 18.3 Å².